The van der Waals surface area contributed by atoms with Crippen LogP contribution in [0.1, 0.15) is 25.7 Å². The van der Waals surface area contributed by atoms with Gasteiger partial charge in [-0.2, -0.15) is 0 Å². The summed E-state index contributed by atoms with van der Waals surface area (Å²) in [5, 5.41) is 14.3. The van der Waals surface area contributed by atoms with Crippen LogP contribution in [0.4, 0.5) is 4.79 Å². The van der Waals surface area contributed by atoms with E-state index in [2.05, 4.69) is 10.6 Å². The number of hydrogen-bond acceptors (Lipinski definition) is 3. The van der Waals surface area contributed by atoms with Crippen molar-refractivity contribution in [1.29, 1.82) is 0 Å². The van der Waals surface area contributed by atoms with Crippen molar-refractivity contribution in [2.75, 3.05) is 18.6 Å². The molecule has 2 amide bonds. The van der Waals surface area contributed by atoms with E-state index >= 15 is 0 Å². The number of nitrogens with one attached hydrogen (secondary N) is 2. The normalized spacial score (nSPS) is 25.2. The Balaban J connectivity index is 2.18. The van der Waals surface area contributed by atoms with E-state index in [0.29, 0.717) is 38.0 Å². The summed E-state index contributed by atoms with van der Waals surface area (Å²) < 4.78 is 10.8. The van der Waals surface area contributed by atoms with Crippen LogP contribution in [0.3, 0.4) is 0 Å². The molecule has 1 fully saturated rings. The molecular formula is C11H20N2O4S. The van der Waals surface area contributed by atoms with Crippen molar-refractivity contribution >= 4 is 22.8 Å². The fraction of sp³-hybridized carbons (Fsp3) is 0.818. The van der Waals surface area contributed by atoms with E-state index in [1.54, 1.807) is 6.26 Å². The first-order valence-electron chi connectivity index (χ1n) is 6.06. The summed E-state index contributed by atoms with van der Waals surface area (Å²) in [5.74, 6) is -0.573. The van der Waals surface area contributed by atoms with E-state index in [1.807, 2.05) is 0 Å². The Kier molecular flexibility index (Phi) is 6.11. The Bertz CT molecular complexity index is 327. The molecule has 0 aliphatic heterocycles. The third kappa shape index (κ3) is 5.48. The maximum atomic E-state index is 11.5. The number of carboxylic acids is 1. The van der Waals surface area contributed by atoms with Gasteiger partial charge in [-0.15, -0.1) is 0 Å². The molecule has 0 aromatic heterocycles. The molecule has 7 heteroatoms. The third-order valence-corrected chi connectivity index (χ3v) is 3.87. The maximum absolute atomic E-state index is 11.5. The lowest BCUT2D eigenvalue weighted by Crippen LogP contribution is -2.45. The molecule has 0 aromatic carbocycles. The van der Waals surface area contributed by atoms with Crippen LogP contribution in [0.15, 0.2) is 0 Å². The van der Waals surface area contributed by atoms with Crippen molar-refractivity contribution in [2.24, 2.45) is 5.92 Å². The fourth-order valence-corrected chi connectivity index (χ4v) is 2.42. The highest BCUT2D eigenvalue weighted by Crippen LogP contribution is 2.24. The summed E-state index contributed by atoms with van der Waals surface area (Å²) >= 11 is 0. The van der Waals surface area contributed by atoms with Crippen LogP contribution in [0.25, 0.3) is 0 Å². The average molecular weight is 276 g/mol. The Morgan fingerprint density at radius 2 is 1.89 bits per heavy atom. The van der Waals surface area contributed by atoms with Crippen molar-refractivity contribution in [3.05, 3.63) is 0 Å². The van der Waals surface area contributed by atoms with Crippen molar-refractivity contribution < 1.29 is 18.9 Å². The van der Waals surface area contributed by atoms with E-state index in [-0.39, 0.29) is 18.0 Å². The molecule has 18 heavy (non-hydrogen) atoms. The number of amides is 2. The van der Waals surface area contributed by atoms with Gasteiger partial charge in [0.15, 0.2) is 0 Å². The summed E-state index contributed by atoms with van der Waals surface area (Å²) in [5.41, 5.74) is 0. The topological polar surface area (TPSA) is 95.5 Å². The molecule has 1 unspecified atom stereocenters. The monoisotopic (exact) mass is 276 g/mol. The van der Waals surface area contributed by atoms with Gasteiger partial charge in [-0.1, -0.05) is 0 Å². The van der Waals surface area contributed by atoms with Gasteiger partial charge in [0.05, 0.1) is 5.92 Å². The Morgan fingerprint density at radius 1 is 1.28 bits per heavy atom. The molecule has 0 aromatic rings. The lowest BCUT2D eigenvalue weighted by molar-refractivity contribution is -0.142. The van der Waals surface area contributed by atoms with Crippen LogP contribution in [0, 0.1) is 5.92 Å². The number of carboxylic acid groups (broad SMARTS) is 1. The summed E-state index contributed by atoms with van der Waals surface area (Å²) in [6.45, 7) is 0.388. The molecule has 1 aliphatic carbocycles. The second-order valence-corrected chi connectivity index (χ2v) is 6.12. The van der Waals surface area contributed by atoms with E-state index < -0.39 is 16.8 Å². The zero-order valence-corrected chi connectivity index (χ0v) is 11.3. The molecule has 1 aliphatic rings. The molecule has 0 saturated heterocycles. The highest BCUT2D eigenvalue weighted by atomic mass is 32.2. The number of rotatable bonds is 5. The molecule has 1 saturated carbocycles. The van der Waals surface area contributed by atoms with Crippen LogP contribution in [-0.4, -0.2) is 45.9 Å². The van der Waals surface area contributed by atoms with Crippen LogP contribution in [0.2, 0.25) is 0 Å². The fourth-order valence-electron chi connectivity index (χ4n) is 2.03. The van der Waals surface area contributed by atoms with Gasteiger partial charge in [0.25, 0.3) is 0 Å². The zero-order valence-electron chi connectivity index (χ0n) is 10.5. The minimum atomic E-state index is -0.906. The number of carbonyl (C=O) groups is 2. The van der Waals surface area contributed by atoms with Gasteiger partial charge >= 0.3 is 12.0 Å². The predicted octanol–water partition coefficient (Wildman–Crippen LogP) is 0.307. The first-order valence-corrected chi connectivity index (χ1v) is 7.79. The smallest absolute Gasteiger partial charge is 0.315 e. The molecule has 0 heterocycles. The van der Waals surface area contributed by atoms with E-state index in [1.165, 1.54) is 0 Å². The molecule has 0 radical (unpaired) electrons. The largest absolute Gasteiger partial charge is 0.481 e. The quantitative estimate of drug-likeness (QED) is 0.673. The lowest BCUT2D eigenvalue weighted by atomic mass is 9.86. The predicted molar refractivity (Wildman–Crippen MR) is 68.8 cm³/mol. The standard InChI is InChI=1S/C11H20N2O4S/c1-18(17)7-6-12-11(16)13-9-4-2-8(3-5-9)10(14)15/h8-9H,2-7H2,1H3,(H,14,15)(H2,12,13,16). The van der Waals surface area contributed by atoms with Crippen molar-refractivity contribution in [3.8, 4) is 0 Å². The van der Waals surface area contributed by atoms with Gasteiger partial charge in [-0.05, 0) is 25.7 Å². The SMILES string of the molecule is CS(=O)CCNC(=O)NC1CCC(C(=O)O)CC1. The number of urea groups is 1. The summed E-state index contributed by atoms with van der Waals surface area (Å²) in [4.78, 5) is 22.2. The van der Waals surface area contributed by atoms with Crippen molar-refractivity contribution in [3.63, 3.8) is 0 Å². The molecule has 0 bridgehead atoms. The number of aliphatic carboxylic acids is 1. The van der Waals surface area contributed by atoms with Gasteiger partial charge in [0, 0.05) is 35.4 Å². The van der Waals surface area contributed by atoms with E-state index in [4.69, 9.17) is 5.11 Å². The first kappa shape index (κ1) is 14.9. The minimum Gasteiger partial charge on any atom is -0.481 e. The maximum Gasteiger partial charge on any atom is 0.315 e. The molecule has 0 spiro atoms. The molecule has 104 valence electrons. The van der Waals surface area contributed by atoms with E-state index in [9.17, 15) is 13.8 Å². The van der Waals surface area contributed by atoms with Crippen molar-refractivity contribution in [1.82, 2.24) is 10.6 Å². The summed E-state index contributed by atoms with van der Waals surface area (Å²) in [6.07, 6.45) is 4.21. The minimum absolute atomic E-state index is 0.0488. The Hall–Kier alpha value is -1.11. The first-order chi connectivity index (χ1) is 8.49. The highest BCUT2D eigenvalue weighted by Gasteiger charge is 2.26. The zero-order chi connectivity index (χ0) is 13.5. The average Bonchev–Trinajstić information content (AvgIpc) is 2.29. The highest BCUT2D eigenvalue weighted by molar-refractivity contribution is 7.84. The second-order valence-electron chi connectivity index (χ2n) is 4.56. The van der Waals surface area contributed by atoms with Crippen LogP contribution in [-0.2, 0) is 15.6 Å². The second kappa shape index (κ2) is 7.35. The number of hydrogen-bond donors (Lipinski definition) is 3. The molecule has 6 nitrogen and oxygen atoms in total. The van der Waals surface area contributed by atoms with Crippen LogP contribution >= 0.6 is 0 Å². The third-order valence-electron chi connectivity index (χ3n) is 3.09. The van der Waals surface area contributed by atoms with Gasteiger partial charge in [-0.25, -0.2) is 4.79 Å². The molecular weight excluding hydrogens is 256 g/mol. The van der Waals surface area contributed by atoms with Crippen LogP contribution in [0.5, 0.6) is 0 Å². The Morgan fingerprint density at radius 3 is 2.39 bits per heavy atom. The Labute approximate surface area is 109 Å². The molecule has 1 atom stereocenters. The lowest BCUT2D eigenvalue weighted by Gasteiger charge is -2.26. The number of carbonyl (C=O) groups excluding carboxylic acids is 1. The molecule has 3 N–H and O–H groups in total. The van der Waals surface area contributed by atoms with Crippen LogP contribution < -0.4 is 10.6 Å². The summed E-state index contributed by atoms with van der Waals surface area (Å²) in [7, 11) is -0.906. The summed E-state index contributed by atoms with van der Waals surface area (Å²) in [6, 6.07) is -0.216. The van der Waals surface area contributed by atoms with Crippen molar-refractivity contribution in [2.45, 2.75) is 31.7 Å². The van der Waals surface area contributed by atoms with Gasteiger partial charge < -0.3 is 15.7 Å². The van der Waals surface area contributed by atoms with Gasteiger partial charge in [0.2, 0.25) is 0 Å². The van der Waals surface area contributed by atoms with Gasteiger partial charge in [0.1, 0.15) is 0 Å². The molecule has 1 rings (SSSR count). The van der Waals surface area contributed by atoms with E-state index in [0.717, 1.165) is 0 Å². The van der Waals surface area contributed by atoms with Gasteiger partial charge in [-0.3, -0.25) is 9.00 Å².